The molecule has 1 aliphatic carbocycles. The third-order valence-electron chi connectivity index (χ3n) is 5.68. The van der Waals surface area contributed by atoms with Gasteiger partial charge in [-0.05, 0) is 69.7 Å². The van der Waals surface area contributed by atoms with E-state index in [4.69, 9.17) is 4.74 Å². The van der Waals surface area contributed by atoms with E-state index in [0.29, 0.717) is 23.4 Å². The van der Waals surface area contributed by atoms with Crippen molar-refractivity contribution in [3.8, 4) is 5.75 Å². The van der Waals surface area contributed by atoms with Gasteiger partial charge in [-0.3, -0.25) is 9.59 Å². The molecule has 2 aromatic rings. The van der Waals surface area contributed by atoms with Crippen LogP contribution in [0.4, 0.5) is 10.1 Å². The predicted molar refractivity (Wildman–Crippen MR) is 117 cm³/mol. The summed E-state index contributed by atoms with van der Waals surface area (Å²) in [4.78, 5) is 25.4. The van der Waals surface area contributed by atoms with E-state index in [1.807, 2.05) is 31.2 Å². The minimum atomic E-state index is -1.39. The molecule has 31 heavy (non-hydrogen) atoms. The van der Waals surface area contributed by atoms with Crippen LogP contribution in [-0.4, -0.2) is 28.9 Å². The van der Waals surface area contributed by atoms with Crippen LogP contribution in [0.15, 0.2) is 59.8 Å². The zero-order chi connectivity index (χ0) is 22.8. The van der Waals surface area contributed by atoms with Gasteiger partial charge in [-0.15, -0.1) is 0 Å². The standard InChI is InChI=1S/C25H28FNO4/c1-5-31-20-12-10-19(11-13-20)27-21-14-25(4,30)24(16(3)29)23(22(21)15(2)28)17-6-8-18(26)9-7-17/h6-13,23-24,27,30H,5,14H2,1-4H3/t23-,24-,25+/m0/s1. The molecule has 3 atom stereocenters. The second-order valence-electron chi connectivity index (χ2n) is 8.18. The molecule has 0 bridgehead atoms. The number of ether oxygens (including phenoxy) is 1. The van der Waals surface area contributed by atoms with Crippen LogP contribution in [0.3, 0.4) is 0 Å². The van der Waals surface area contributed by atoms with Crippen LogP contribution in [-0.2, 0) is 9.59 Å². The first-order valence-corrected chi connectivity index (χ1v) is 10.4. The average Bonchev–Trinajstić information content (AvgIpc) is 2.68. The lowest BCUT2D eigenvalue weighted by molar-refractivity contribution is -0.131. The Morgan fingerprint density at radius 2 is 1.74 bits per heavy atom. The maximum Gasteiger partial charge on any atom is 0.158 e. The Hall–Kier alpha value is -2.99. The molecule has 2 N–H and O–H groups in total. The number of carbonyl (C=O) groups is 2. The summed E-state index contributed by atoms with van der Waals surface area (Å²) in [6, 6.07) is 13.0. The molecule has 0 radical (unpaired) electrons. The molecule has 0 saturated carbocycles. The van der Waals surface area contributed by atoms with Crippen molar-refractivity contribution in [1.82, 2.24) is 0 Å². The van der Waals surface area contributed by atoms with Gasteiger partial charge in [-0.2, -0.15) is 0 Å². The molecule has 0 heterocycles. The van der Waals surface area contributed by atoms with Crippen molar-refractivity contribution in [1.29, 1.82) is 0 Å². The molecule has 0 fully saturated rings. The first-order chi connectivity index (χ1) is 14.6. The van der Waals surface area contributed by atoms with Gasteiger partial charge in [0.15, 0.2) is 5.78 Å². The summed E-state index contributed by atoms with van der Waals surface area (Å²) < 4.78 is 19.0. The fraction of sp³-hybridized carbons (Fsp3) is 0.360. The lowest BCUT2D eigenvalue weighted by atomic mass is 9.64. The number of benzene rings is 2. The lowest BCUT2D eigenvalue weighted by Crippen LogP contribution is -2.48. The highest BCUT2D eigenvalue weighted by atomic mass is 19.1. The Morgan fingerprint density at radius 3 is 2.26 bits per heavy atom. The fourth-order valence-corrected chi connectivity index (χ4v) is 4.50. The third-order valence-corrected chi connectivity index (χ3v) is 5.68. The number of carbonyl (C=O) groups excluding carboxylic acids is 2. The second kappa shape index (κ2) is 9.02. The molecule has 2 aromatic carbocycles. The number of Topliss-reactive ketones (excluding diaryl/α,β-unsaturated/α-hetero) is 2. The Labute approximate surface area is 181 Å². The minimum absolute atomic E-state index is 0.108. The van der Waals surface area contributed by atoms with E-state index in [1.54, 1.807) is 19.1 Å². The monoisotopic (exact) mass is 425 g/mol. The largest absolute Gasteiger partial charge is 0.494 e. The summed E-state index contributed by atoms with van der Waals surface area (Å²) in [6.07, 6.45) is 0.108. The molecule has 0 aromatic heterocycles. The predicted octanol–water partition coefficient (Wildman–Crippen LogP) is 4.62. The van der Waals surface area contributed by atoms with E-state index in [-0.39, 0.29) is 18.0 Å². The Bertz CT molecular complexity index is 993. The lowest BCUT2D eigenvalue weighted by Gasteiger charge is -2.43. The molecule has 0 spiro atoms. The van der Waals surface area contributed by atoms with Gasteiger partial charge in [0.1, 0.15) is 17.3 Å². The smallest absolute Gasteiger partial charge is 0.158 e. The normalized spacial score (nSPS) is 23.4. The Balaban J connectivity index is 2.12. The molecule has 3 rings (SSSR count). The molecule has 164 valence electrons. The van der Waals surface area contributed by atoms with Gasteiger partial charge in [-0.25, -0.2) is 4.39 Å². The number of aliphatic hydroxyl groups is 1. The van der Waals surface area contributed by atoms with Crippen LogP contribution in [0.1, 0.15) is 45.6 Å². The highest BCUT2D eigenvalue weighted by Gasteiger charge is 2.49. The van der Waals surface area contributed by atoms with E-state index in [2.05, 4.69) is 5.32 Å². The summed E-state index contributed by atoms with van der Waals surface area (Å²) >= 11 is 0. The minimum Gasteiger partial charge on any atom is -0.494 e. The number of anilines is 1. The number of hydrogen-bond acceptors (Lipinski definition) is 5. The third kappa shape index (κ3) is 4.85. The maximum atomic E-state index is 13.6. The molecule has 0 aliphatic heterocycles. The zero-order valence-corrected chi connectivity index (χ0v) is 18.2. The molecular formula is C25H28FNO4. The van der Waals surface area contributed by atoms with Gasteiger partial charge in [0.05, 0.1) is 18.1 Å². The van der Waals surface area contributed by atoms with Gasteiger partial charge >= 0.3 is 0 Å². The fourth-order valence-electron chi connectivity index (χ4n) is 4.50. The maximum absolute atomic E-state index is 13.6. The Kier molecular flexibility index (Phi) is 6.60. The van der Waals surface area contributed by atoms with Crippen LogP contribution >= 0.6 is 0 Å². The van der Waals surface area contributed by atoms with Crippen LogP contribution in [0.5, 0.6) is 5.75 Å². The number of ketones is 2. The van der Waals surface area contributed by atoms with Gasteiger partial charge in [0.2, 0.25) is 0 Å². The van der Waals surface area contributed by atoms with E-state index >= 15 is 0 Å². The summed E-state index contributed by atoms with van der Waals surface area (Å²) in [5, 5.41) is 14.5. The van der Waals surface area contributed by atoms with E-state index in [1.165, 1.54) is 26.0 Å². The van der Waals surface area contributed by atoms with Crippen molar-refractivity contribution in [2.24, 2.45) is 5.92 Å². The van der Waals surface area contributed by atoms with Crippen molar-refractivity contribution in [3.05, 3.63) is 71.2 Å². The van der Waals surface area contributed by atoms with Crippen molar-refractivity contribution in [3.63, 3.8) is 0 Å². The number of allylic oxidation sites excluding steroid dienone is 1. The van der Waals surface area contributed by atoms with Gasteiger partial charge in [0, 0.05) is 29.3 Å². The van der Waals surface area contributed by atoms with Crippen LogP contribution in [0.2, 0.25) is 0 Å². The molecular weight excluding hydrogens is 397 g/mol. The Morgan fingerprint density at radius 1 is 1.13 bits per heavy atom. The topological polar surface area (TPSA) is 75.6 Å². The summed E-state index contributed by atoms with van der Waals surface area (Å²) in [7, 11) is 0. The van der Waals surface area contributed by atoms with E-state index < -0.39 is 23.3 Å². The summed E-state index contributed by atoms with van der Waals surface area (Å²) in [5.41, 5.74) is 0.919. The van der Waals surface area contributed by atoms with Crippen molar-refractivity contribution in [2.75, 3.05) is 11.9 Å². The summed E-state index contributed by atoms with van der Waals surface area (Å²) in [6.45, 7) is 6.93. The molecule has 1 aliphatic rings. The van der Waals surface area contributed by atoms with Crippen molar-refractivity contribution < 1.29 is 23.8 Å². The average molecular weight is 426 g/mol. The SMILES string of the molecule is CCOc1ccc(NC2=C(C(C)=O)[C@H](c3ccc(F)cc3)[C@H](C(C)=O)[C@](C)(O)C2)cc1. The molecule has 5 nitrogen and oxygen atoms in total. The second-order valence-corrected chi connectivity index (χ2v) is 8.18. The molecule has 0 saturated heterocycles. The molecule has 0 amide bonds. The zero-order valence-electron chi connectivity index (χ0n) is 18.2. The van der Waals surface area contributed by atoms with Crippen molar-refractivity contribution >= 4 is 17.3 Å². The van der Waals surface area contributed by atoms with Gasteiger partial charge in [0.25, 0.3) is 0 Å². The summed E-state index contributed by atoms with van der Waals surface area (Å²) in [5.74, 6) is -1.63. The molecule has 6 heteroatoms. The van der Waals surface area contributed by atoms with Crippen molar-refractivity contribution in [2.45, 2.75) is 45.6 Å². The number of rotatable bonds is 7. The first kappa shape index (κ1) is 22.7. The molecule has 0 unspecified atom stereocenters. The van der Waals surface area contributed by atoms with Gasteiger partial charge < -0.3 is 15.2 Å². The van der Waals surface area contributed by atoms with Gasteiger partial charge in [-0.1, -0.05) is 12.1 Å². The first-order valence-electron chi connectivity index (χ1n) is 10.4. The van der Waals surface area contributed by atoms with Crippen LogP contribution in [0, 0.1) is 11.7 Å². The highest BCUT2D eigenvalue weighted by Crippen LogP contribution is 2.47. The van der Waals surface area contributed by atoms with Crippen LogP contribution in [0.25, 0.3) is 0 Å². The van der Waals surface area contributed by atoms with E-state index in [9.17, 15) is 19.1 Å². The number of halogens is 1. The van der Waals surface area contributed by atoms with Crippen LogP contribution < -0.4 is 10.1 Å². The number of hydrogen-bond donors (Lipinski definition) is 2. The quantitative estimate of drug-likeness (QED) is 0.677. The number of nitrogens with one attached hydrogen (secondary N) is 1. The van der Waals surface area contributed by atoms with E-state index in [0.717, 1.165) is 11.4 Å². The highest BCUT2D eigenvalue weighted by molar-refractivity contribution is 5.98.